The monoisotopic (exact) mass is 210 g/mol. The Bertz CT molecular complexity index is 185. The summed E-state index contributed by atoms with van der Waals surface area (Å²) in [6.07, 6.45) is -3.63. The zero-order valence-electron chi connectivity index (χ0n) is 8.40. The highest BCUT2D eigenvalue weighted by Gasteiger charge is 2.37. The molecule has 1 fully saturated rings. The van der Waals surface area contributed by atoms with Crippen LogP contribution < -0.4 is 5.73 Å². The molecule has 0 amide bonds. The summed E-state index contributed by atoms with van der Waals surface area (Å²) in [5, 5.41) is 0. The van der Waals surface area contributed by atoms with Gasteiger partial charge in [-0.3, -0.25) is 4.90 Å². The molecule has 0 saturated carbocycles. The fourth-order valence-electron chi connectivity index (χ4n) is 1.73. The summed E-state index contributed by atoms with van der Waals surface area (Å²) in [6, 6.07) is 0. The maximum Gasteiger partial charge on any atom is 0.389 e. The molecule has 0 aromatic carbocycles. The molecule has 0 aromatic rings. The molecule has 1 saturated heterocycles. The van der Waals surface area contributed by atoms with Gasteiger partial charge in [0.2, 0.25) is 0 Å². The van der Waals surface area contributed by atoms with E-state index in [0.717, 1.165) is 19.5 Å². The third-order valence-electron chi connectivity index (χ3n) is 2.72. The molecule has 0 atom stereocenters. The lowest BCUT2D eigenvalue weighted by Crippen LogP contribution is -2.66. The van der Waals surface area contributed by atoms with Crippen molar-refractivity contribution in [2.24, 2.45) is 5.73 Å². The normalized spacial score (nSPS) is 22.1. The zero-order chi connectivity index (χ0) is 10.8. The maximum atomic E-state index is 11.8. The molecule has 14 heavy (non-hydrogen) atoms. The lowest BCUT2D eigenvalue weighted by molar-refractivity contribution is -0.137. The molecule has 0 unspecified atom stereocenters. The van der Waals surface area contributed by atoms with Gasteiger partial charge in [-0.25, -0.2) is 0 Å². The minimum absolute atomic E-state index is 0.141. The predicted molar refractivity (Wildman–Crippen MR) is 48.9 cm³/mol. The number of nitrogens with zero attached hydrogens (tertiary/aromatic N) is 1. The number of hydrogen-bond donors (Lipinski definition) is 1. The second-order valence-electron chi connectivity index (χ2n) is 4.15. The smallest absolute Gasteiger partial charge is 0.323 e. The van der Waals surface area contributed by atoms with Crippen molar-refractivity contribution in [2.75, 3.05) is 19.6 Å². The van der Waals surface area contributed by atoms with Crippen LogP contribution in [0.4, 0.5) is 13.2 Å². The Balaban J connectivity index is 2.07. The van der Waals surface area contributed by atoms with Crippen LogP contribution in [-0.4, -0.2) is 36.2 Å². The van der Waals surface area contributed by atoms with E-state index < -0.39 is 12.6 Å². The average Bonchev–Trinajstić information content (AvgIpc) is 1.98. The van der Waals surface area contributed by atoms with Gasteiger partial charge in [-0.05, 0) is 19.4 Å². The van der Waals surface area contributed by atoms with Gasteiger partial charge in [0.15, 0.2) is 0 Å². The minimum atomic E-state index is -4.02. The van der Waals surface area contributed by atoms with Crippen LogP contribution in [0.1, 0.15) is 26.2 Å². The summed E-state index contributed by atoms with van der Waals surface area (Å²) in [7, 11) is 0. The van der Waals surface area contributed by atoms with Crippen molar-refractivity contribution in [2.45, 2.75) is 37.9 Å². The van der Waals surface area contributed by atoms with Crippen LogP contribution in [0.15, 0.2) is 0 Å². The summed E-state index contributed by atoms with van der Waals surface area (Å²) < 4.78 is 35.4. The number of nitrogens with two attached hydrogens (primary N) is 1. The van der Waals surface area contributed by atoms with Crippen molar-refractivity contribution in [3.8, 4) is 0 Å². The SMILES string of the molecule is CCC1(N)CN(CCCC(F)(F)F)C1. The van der Waals surface area contributed by atoms with Crippen LogP contribution in [0.3, 0.4) is 0 Å². The van der Waals surface area contributed by atoms with Crippen LogP contribution in [-0.2, 0) is 0 Å². The third kappa shape index (κ3) is 3.46. The van der Waals surface area contributed by atoms with Crippen LogP contribution in [0, 0.1) is 0 Å². The van der Waals surface area contributed by atoms with Gasteiger partial charge < -0.3 is 5.73 Å². The number of hydrogen-bond acceptors (Lipinski definition) is 2. The topological polar surface area (TPSA) is 29.3 Å². The first kappa shape index (κ1) is 11.8. The Labute approximate surface area is 82.2 Å². The molecule has 84 valence electrons. The number of halogens is 3. The summed E-state index contributed by atoms with van der Waals surface area (Å²) in [4.78, 5) is 1.98. The van der Waals surface area contributed by atoms with Gasteiger partial charge in [0.25, 0.3) is 0 Å². The molecule has 1 rings (SSSR count). The summed E-state index contributed by atoms with van der Waals surface area (Å²) in [5.41, 5.74) is 5.75. The molecular weight excluding hydrogens is 193 g/mol. The Morgan fingerprint density at radius 2 is 1.93 bits per heavy atom. The summed E-state index contributed by atoms with van der Waals surface area (Å²) in [5.74, 6) is 0. The molecule has 1 aliphatic rings. The molecule has 5 heteroatoms. The van der Waals surface area contributed by atoms with Crippen LogP contribution in [0.5, 0.6) is 0 Å². The van der Waals surface area contributed by atoms with Gasteiger partial charge in [0.1, 0.15) is 0 Å². The molecule has 0 bridgehead atoms. The standard InChI is InChI=1S/C9H17F3N2/c1-2-8(13)6-14(7-8)5-3-4-9(10,11)12/h2-7,13H2,1H3. The Kier molecular flexibility index (Phi) is 3.42. The molecule has 1 aliphatic heterocycles. The van der Waals surface area contributed by atoms with Gasteiger partial charge >= 0.3 is 6.18 Å². The zero-order valence-corrected chi connectivity index (χ0v) is 8.40. The quantitative estimate of drug-likeness (QED) is 0.766. The Morgan fingerprint density at radius 1 is 1.36 bits per heavy atom. The van der Waals surface area contributed by atoms with Crippen molar-refractivity contribution in [3.05, 3.63) is 0 Å². The molecule has 2 N–H and O–H groups in total. The van der Waals surface area contributed by atoms with E-state index in [1.54, 1.807) is 0 Å². The Hall–Kier alpha value is -0.290. The van der Waals surface area contributed by atoms with E-state index in [2.05, 4.69) is 0 Å². The second-order valence-corrected chi connectivity index (χ2v) is 4.15. The lowest BCUT2D eigenvalue weighted by Gasteiger charge is -2.47. The van der Waals surface area contributed by atoms with Gasteiger partial charge in [0, 0.05) is 25.0 Å². The van der Waals surface area contributed by atoms with Crippen molar-refractivity contribution < 1.29 is 13.2 Å². The minimum Gasteiger partial charge on any atom is -0.323 e. The highest BCUT2D eigenvalue weighted by molar-refractivity contribution is 4.98. The fourth-order valence-corrected chi connectivity index (χ4v) is 1.73. The van der Waals surface area contributed by atoms with Crippen molar-refractivity contribution in [3.63, 3.8) is 0 Å². The Morgan fingerprint density at radius 3 is 2.36 bits per heavy atom. The molecule has 0 aliphatic carbocycles. The predicted octanol–water partition coefficient (Wildman–Crippen LogP) is 1.75. The number of likely N-dealkylation sites (tertiary alicyclic amines) is 1. The third-order valence-corrected chi connectivity index (χ3v) is 2.72. The van der Waals surface area contributed by atoms with Gasteiger partial charge in [-0.1, -0.05) is 6.92 Å². The molecule has 0 aromatic heterocycles. The van der Waals surface area contributed by atoms with Gasteiger partial charge in [-0.15, -0.1) is 0 Å². The van der Waals surface area contributed by atoms with Crippen molar-refractivity contribution in [1.29, 1.82) is 0 Å². The van der Waals surface area contributed by atoms with Crippen LogP contribution in [0.25, 0.3) is 0 Å². The van der Waals surface area contributed by atoms with E-state index >= 15 is 0 Å². The summed E-state index contributed by atoms with van der Waals surface area (Å²) in [6.45, 7) is 3.99. The molecule has 2 nitrogen and oxygen atoms in total. The van der Waals surface area contributed by atoms with Crippen LogP contribution in [0.2, 0.25) is 0 Å². The van der Waals surface area contributed by atoms with E-state index in [4.69, 9.17) is 5.73 Å². The first-order valence-corrected chi connectivity index (χ1v) is 4.93. The fraction of sp³-hybridized carbons (Fsp3) is 1.00. The summed E-state index contributed by atoms with van der Waals surface area (Å²) >= 11 is 0. The van der Waals surface area contributed by atoms with Gasteiger partial charge in [0.05, 0.1) is 0 Å². The van der Waals surface area contributed by atoms with Crippen molar-refractivity contribution >= 4 is 0 Å². The van der Waals surface area contributed by atoms with E-state index in [1.165, 1.54) is 0 Å². The van der Waals surface area contributed by atoms with E-state index in [-0.39, 0.29) is 12.0 Å². The van der Waals surface area contributed by atoms with E-state index in [1.807, 2.05) is 11.8 Å². The van der Waals surface area contributed by atoms with Crippen LogP contribution >= 0.6 is 0 Å². The van der Waals surface area contributed by atoms with Gasteiger partial charge in [-0.2, -0.15) is 13.2 Å². The molecule has 0 spiro atoms. The maximum absolute atomic E-state index is 11.8. The highest BCUT2D eigenvalue weighted by Crippen LogP contribution is 2.25. The average molecular weight is 210 g/mol. The van der Waals surface area contributed by atoms with E-state index in [0.29, 0.717) is 6.54 Å². The number of alkyl halides is 3. The van der Waals surface area contributed by atoms with E-state index in [9.17, 15) is 13.2 Å². The highest BCUT2D eigenvalue weighted by atomic mass is 19.4. The first-order valence-electron chi connectivity index (χ1n) is 4.93. The first-order chi connectivity index (χ1) is 6.35. The second kappa shape index (κ2) is 4.06. The largest absolute Gasteiger partial charge is 0.389 e. The lowest BCUT2D eigenvalue weighted by atomic mass is 9.88. The number of rotatable bonds is 4. The molecule has 0 radical (unpaired) electrons. The molecule has 1 heterocycles. The van der Waals surface area contributed by atoms with Crippen molar-refractivity contribution in [1.82, 2.24) is 4.90 Å². The molecular formula is C9H17F3N2.